The third-order valence-electron chi connectivity index (χ3n) is 2.35. The summed E-state index contributed by atoms with van der Waals surface area (Å²) in [6.45, 7) is 1.96. The van der Waals surface area contributed by atoms with Crippen molar-refractivity contribution in [2.75, 3.05) is 6.26 Å². The van der Waals surface area contributed by atoms with Gasteiger partial charge >= 0.3 is 5.97 Å². The van der Waals surface area contributed by atoms with Gasteiger partial charge in [-0.1, -0.05) is 6.92 Å². The average Bonchev–Trinajstić information content (AvgIpc) is 2.26. The van der Waals surface area contributed by atoms with E-state index in [1.54, 1.807) is 36.0 Å². The Bertz CT molecular complexity index is 505. The minimum Gasteiger partial charge on any atom is -0.481 e. The fourth-order valence-electron chi connectivity index (χ4n) is 1.38. The van der Waals surface area contributed by atoms with Crippen molar-refractivity contribution in [1.29, 1.82) is 0 Å². The van der Waals surface area contributed by atoms with Crippen molar-refractivity contribution in [3.63, 3.8) is 0 Å². The summed E-state index contributed by atoms with van der Waals surface area (Å²) in [6.07, 6.45) is 1.91. The summed E-state index contributed by atoms with van der Waals surface area (Å²) in [4.78, 5) is 11.7. The molecule has 0 fully saturated rings. The zero-order valence-corrected chi connectivity index (χ0v) is 11.9. The van der Waals surface area contributed by atoms with E-state index >= 15 is 0 Å². The van der Waals surface area contributed by atoms with Gasteiger partial charge in [-0.3, -0.25) is 4.79 Å². The average molecular weight is 288 g/mol. The standard InChI is InChI=1S/C12H16O4S2/c1-9(3-8-12(13)14)17-10-4-6-11(7-5-10)18(2,15)16/h4-7,9H,3,8H2,1-2H3,(H,13,14). The van der Waals surface area contributed by atoms with Crippen LogP contribution in [0.2, 0.25) is 0 Å². The molecule has 0 bridgehead atoms. The Morgan fingerprint density at radius 2 is 1.89 bits per heavy atom. The van der Waals surface area contributed by atoms with Crippen LogP contribution in [0.25, 0.3) is 0 Å². The maximum atomic E-state index is 11.3. The van der Waals surface area contributed by atoms with E-state index in [0.29, 0.717) is 11.3 Å². The zero-order valence-electron chi connectivity index (χ0n) is 10.3. The quantitative estimate of drug-likeness (QED) is 0.814. The lowest BCUT2D eigenvalue weighted by molar-refractivity contribution is -0.137. The smallest absolute Gasteiger partial charge is 0.303 e. The molecule has 0 saturated heterocycles. The number of rotatable bonds is 6. The number of sulfone groups is 1. The van der Waals surface area contributed by atoms with E-state index in [2.05, 4.69) is 0 Å². The van der Waals surface area contributed by atoms with Gasteiger partial charge < -0.3 is 5.11 Å². The van der Waals surface area contributed by atoms with Crippen LogP contribution >= 0.6 is 11.8 Å². The minimum absolute atomic E-state index is 0.148. The van der Waals surface area contributed by atoms with Crippen molar-refractivity contribution >= 4 is 27.6 Å². The number of carboxylic acids is 1. The number of carbonyl (C=O) groups is 1. The first-order valence-electron chi connectivity index (χ1n) is 5.47. The lowest BCUT2D eigenvalue weighted by atomic mass is 10.2. The molecule has 100 valence electrons. The summed E-state index contributed by atoms with van der Waals surface area (Å²) >= 11 is 1.55. The van der Waals surface area contributed by atoms with Gasteiger partial charge in [0.05, 0.1) is 4.90 Å². The highest BCUT2D eigenvalue weighted by Crippen LogP contribution is 2.26. The molecule has 1 aromatic carbocycles. The van der Waals surface area contributed by atoms with Gasteiger partial charge in [0.1, 0.15) is 0 Å². The second-order valence-corrected chi connectivity index (χ2v) is 7.63. The molecule has 0 radical (unpaired) electrons. The highest BCUT2D eigenvalue weighted by molar-refractivity contribution is 8.00. The Hall–Kier alpha value is -1.01. The lowest BCUT2D eigenvalue weighted by Crippen LogP contribution is -2.02. The van der Waals surface area contributed by atoms with E-state index in [1.165, 1.54) is 6.26 Å². The van der Waals surface area contributed by atoms with Crippen molar-refractivity contribution in [2.24, 2.45) is 0 Å². The highest BCUT2D eigenvalue weighted by atomic mass is 32.2. The molecule has 0 aliphatic heterocycles. The maximum Gasteiger partial charge on any atom is 0.303 e. The van der Waals surface area contributed by atoms with Gasteiger partial charge in [0, 0.05) is 22.8 Å². The van der Waals surface area contributed by atoms with Crippen LogP contribution in [0.5, 0.6) is 0 Å². The molecular formula is C12H16O4S2. The second kappa shape index (κ2) is 6.24. The summed E-state index contributed by atoms with van der Waals surface area (Å²) in [5, 5.41) is 8.76. The fourth-order valence-corrected chi connectivity index (χ4v) is 3.01. The molecule has 1 N–H and O–H groups in total. The molecule has 0 aliphatic rings. The van der Waals surface area contributed by atoms with Gasteiger partial charge in [-0.05, 0) is 30.7 Å². The van der Waals surface area contributed by atoms with Crippen LogP contribution in [-0.2, 0) is 14.6 Å². The van der Waals surface area contributed by atoms with Crippen LogP contribution < -0.4 is 0 Å². The summed E-state index contributed by atoms with van der Waals surface area (Å²) in [6, 6.07) is 6.64. The molecule has 0 aromatic heterocycles. The van der Waals surface area contributed by atoms with Crippen LogP contribution in [0.3, 0.4) is 0 Å². The van der Waals surface area contributed by atoms with E-state index < -0.39 is 15.8 Å². The summed E-state index contributed by atoms with van der Waals surface area (Å²) in [7, 11) is -3.16. The third kappa shape index (κ3) is 5.10. The largest absolute Gasteiger partial charge is 0.481 e. The van der Waals surface area contributed by atoms with E-state index in [4.69, 9.17) is 5.11 Å². The molecule has 1 rings (SSSR count). The van der Waals surface area contributed by atoms with Gasteiger partial charge in [-0.25, -0.2) is 8.42 Å². The molecule has 0 aliphatic carbocycles. The zero-order chi connectivity index (χ0) is 13.8. The van der Waals surface area contributed by atoms with Crippen molar-refractivity contribution in [3.8, 4) is 0 Å². The topological polar surface area (TPSA) is 71.4 Å². The molecule has 1 atom stereocenters. The lowest BCUT2D eigenvalue weighted by Gasteiger charge is -2.09. The van der Waals surface area contributed by atoms with Crippen molar-refractivity contribution < 1.29 is 18.3 Å². The number of hydrogen-bond acceptors (Lipinski definition) is 4. The van der Waals surface area contributed by atoms with E-state index in [0.717, 1.165) is 4.90 Å². The molecule has 0 spiro atoms. The van der Waals surface area contributed by atoms with Crippen LogP contribution in [-0.4, -0.2) is 31.0 Å². The Morgan fingerprint density at radius 1 is 1.33 bits per heavy atom. The monoisotopic (exact) mass is 288 g/mol. The van der Waals surface area contributed by atoms with Gasteiger partial charge in [0.25, 0.3) is 0 Å². The molecule has 4 nitrogen and oxygen atoms in total. The molecule has 6 heteroatoms. The molecule has 0 saturated carbocycles. The first kappa shape index (κ1) is 15.0. The Labute approximate surface area is 111 Å². The Kier molecular flexibility index (Phi) is 5.22. The normalized spacial score (nSPS) is 13.2. The van der Waals surface area contributed by atoms with Crippen molar-refractivity contribution in [2.45, 2.75) is 34.8 Å². The van der Waals surface area contributed by atoms with Crippen LogP contribution in [0, 0.1) is 0 Å². The van der Waals surface area contributed by atoms with Gasteiger partial charge in [-0.2, -0.15) is 0 Å². The van der Waals surface area contributed by atoms with Crippen LogP contribution in [0.1, 0.15) is 19.8 Å². The first-order chi connectivity index (χ1) is 8.29. The van der Waals surface area contributed by atoms with Gasteiger partial charge in [-0.15, -0.1) is 11.8 Å². The van der Waals surface area contributed by atoms with E-state index in [9.17, 15) is 13.2 Å². The van der Waals surface area contributed by atoms with Gasteiger partial charge in [0.2, 0.25) is 0 Å². The predicted octanol–water partition coefficient (Wildman–Crippen LogP) is 2.44. The Balaban J connectivity index is 2.61. The molecule has 1 aromatic rings. The van der Waals surface area contributed by atoms with E-state index in [1.807, 2.05) is 6.92 Å². The molecule has 0 amide bonds. The second-order valence-electron chi connectivity index (χ2n) is 4.10. The highest BCUT2D eigenvalue weighted by Gasteiger charge is 2.09. The first-order valence-corrected chi connectivity index (χ1v) is 8.24. The summed E-state index contributed by atoms with van der Waals surface area (Å²) in [5.74, 6) is -0.796. The fraction of sp³-hybridized carbons (Fsp3) is 0.417. The van der Waals surface area contributed by atoms with Crippen LogP contribution in [0.15, 0.2) is 34.1 Å². The number of thioether (sulfide) groups is 1. The number of carboxylic acid groups (broad SMARTS) is 1. The minimum atomic E-state index is -3.16. The number of hydrogen-bond donors (Lipinski definition) is 1. The number of aliphatic carboxylic acids is 1. The molecule has 1 unspecified atom stereocenters. The summed E-state index contributed by atoms with van der Waals surface area (Å²) < 4.78 is 22.5. The van der Waals surface area contributed by atoms with Gasteiger partial charge in [0.15, 0.2) is 9.84 Å². The van der Waals surface area contributed by atoms with Crippen LogP contribution in [0.4, 0.5) is 0 Å². The Morgan fingerprint density at radius 3 is 2.33 bits per heavy atom. The van der Waals surface area contributed by atoms with E-state index in [-0.39, 0.29) is 11.7 Å². The predicted molar refractivity (Wildman–Crippen MR) is 71.7 cm³/mol. The molecular weight excluding hydrogens is 272 g/mol. The molecule has 0 heterocycles. The van der Waals surface area contributed by atoms with Crippen molar-refractivity contribution in [1.82, 2.24) is 0 Å². The number of benzene rings is 1. The van der Waals surface area contributed by atoms with Crippen molar-refractivity contribution in [3.05, 3.63) is 24.3 Å². The summed E-state index contributed by atoms with van der Waals surface area (Å²) in [5.41, 5.74) is 0. The maximum absolute atomic E-state index is 11.3. The SMILES string of the molecule is CC(CCC(=O)O)Sc1ccc(S(C)(=O)=O)cc1. The molecule has 18 heavy (non-hydrogen) atoms. The third-order valence-corrected chi connectivity index (χ3v) is 4.66.